The lowest BCUT2D eigenvalue weighted by Crippen LogP contribution is -2.50. The van der Waals surface area contributed by atoms with E-state index in [2.05, 4.69) is 29.8 Å². The predicted octanol–water partition coefficient (Wildman–Crippen LogP) is 3.78. The lowest BCUT2D eigenvalue weighted by Gasteiger charge is -2.46. The summed E-state index contributed by atoms with van der Waals surface area (Å²) in [6, 6.07) is 0. The van der Waals surface area contributed by atoms with Crippen molar-refractivity contribution in [2.45, 2.75) is 47.5 Å². The molecule has 1 aliphatic heterocycles. The van der Waals surface area contributed by atoms with Gasteiger partial charge in [0.15, 0.2) is 5.78 Å². The van der Waals surface area contributed by atoms with E-state index in [1.165, 1.54) is 6.42 Å². The maximum absolute atomic E-state index is 12.1. The Morgan fingerprint density at radius 2 is 2.00 bits per heavy atom. The second-order valence-electron chi connectivity index (χ2n) is 6.30. The van der Waals surface area contributed by atoms with Crippen LogP contribution in [0.15, 0.2) is 10.6 Å². The summed E-state index contributed by atoms with van der Waals surface area (Å²) in [5.74, 6) is 0.972. The Balaban J connectivity index is 0.000000612. The lowest BCUT2D eigenvalue weighted by atomic mass is 9.63. The smallest absolute Gasteiger partial charge is 0.219 e. The fourth-order valence-corrected chi connectivity index (χ4v) is 3.92. The van der Waals surface area contributed by atoms with E-state index in [0.717, 1.165) is 19.5 Å². The van der Waals surface area contributed by atoms with Gasteiger partial charge in [-0.2, -0.15) is 0 Å². The molecule has 2 aliphatic rings. The molecule has 2 rings (SSSR count). The van der Waals surface area contributed by atoms with Gasteiger partial charge in [-0.1, -0.05) is 40.2 Å². The molecule has 1 saturated heterocycles. The first-order valence-electron chi connectivity index (χ1n) is 7.43. The van der Waals surface area contributed by atoms with Crippen molar-refractivity contribution in [1.82, 2.24) is 4.90 Å². The molecule has 2 atom stereocenters. The first-order chi connectivity index (χ1) is 9.25. The number of hydrogen-bond acceptors (Lipinski definition) is 2. The molecule has 0 aromatic rings. The predicted molar refractivity (Wildman–Crippen MR) is 85.6 cm³/mol. The summed E-state index contributed by atoms with van der Waals surface area (Å²) in [5.41, 5.74) is -0.318. The number of amides is 1. The average Bonchev–Trinajstić information content (AvgIpc) is 2.37. The van der Waals surface area contributed by atoms with E-state index in [4.69, 9.17) is 0 Å². The van der Waals surface area contributed by atoms with Gasteiger partial charge in [0.05, 0.1) is 4.48 Å². The third kappa shape index (κ3) is 3.51. The van der Waals surface area contributed by atoms with Crippen molar-refractivity contribution in [3.63, 3.8) is 0 Å². The summed E-state index contributed by atoms with van der Waals surface area (Å²) in [5, 5.41) is 0. The summed E-state index contributed by atoms with van der Waals surface area (Å²) in [6.45, 7) is 11.4. The van der Waals surface area contributed by atoms with E-state index in [-0.39, 0.29) is 17.1 Å². The number of halogens is 1. The molecule has 0 saturated carbocycles. The second kappa shape index (κ2) is 6.88. The van der Waals surface area contributed by atoms with Gasteiger partial charge in [0.25, 0.3) is 0 Å². The first-order valence-corrected chi connectivity index (χ1v) is 8.22. The van der Waals surface area contributed by atoms with Crippen molar-refractivity contribution in [2.24, 2.45) is 17.3 Å². The zero-order chi connectivity index (χ0) is 15.5. The maximum Gasteiger partial charge on any atom is 0.219 e. The van der Waals surface area contributed by atoms with Crippen molar-refractivity contribution < 1.29 is 9.59 Å². The minimum Gasteiger partial charge on any atom is -0.342 e. The van der Waals surface area contributed by atoms with Crippen LogP contribution < -0.4 is 0 Å². The van der Waals surface area contributed by atoms with E-state index >= 15 is 0 Å². The largest absolute Gasteiger partial charge is 0.342 e. The van der Waals surface area contributed by atoms with Crippen molar-refractivity contribution >= 4 is 27.6 Å². The number of piperidine rings is 1. The molecule has 1 fully saturated rings. The molecule has 2 unspecified atom stereocenters. The van der Waals surface area contributed by atoms with E-state index in [9.17, 15) is 9.59 Å². The van der Waals surface area contributed by atoms with Crippen molar-refractivity contribution in [1.29, 1.82) is 0 Å². The van der Waals surface area contributed by atoms with Gasteiger partial charge in [-0.05, 0) is 34.2 Å². The summed E-state index contributed by atoms with van der Waals surface area (Å²) in [7, 11) is 0. The van der Waals surface area contributed by atoms with Gasteiger partial charge >= 0.3 is 0 Å². The summed E-state index contributed by atoms with van der Waals surface area (Å²) < 4.78 is 0.675. The normalized spacial score (nSPS) is 28.0. The molecule has 0 aromatic heterocycles. The number of Topliss-reactive ketones (excluding diaryl/α,β-unsaturated/α-hetero) is 1. The minimum atomic E-state index is -0.318. The number of carbonyl (C=O) groups is 2. The number of ketones is 1. The third-order valence-electron chi connectivity index (χ3n) is 4.19. The van der Waals surface area contributed by atoms with Crippen molar-refractivity contribution in [3.05, 3.63) is 10.6 Å². The SMILES string of the molecule is CC(=O)N1CCC2C(C=C(Br)C(=O)C2(C)C)C1.CCC. The molecule has 20 heavy (non-hydrogen) atoms. The second-order valence-corrected chi connectivity index (χ2v) is 7.15. The van der Waals surface area contributed by atoms with Crippen LogP contribution in [0.5, 0.6) is 0 Å². The standard InChI is InChI=1S/C13H18BrNO2.C3H8/c1-8(16)15-5-4-10-9(7-15)6-11(14)12(17)13(10,2)3;1-3-2/h6,9-10H,4-5,7H2,1-3H3;3H2,1-2H3. The van der Waals surface area contributed by atoms with Crippen LogP contribution in [0.4, 0.5) is 0 Å². The number of likely N-dealkylation sites (tertiary alicyclic amines) is 1. The number of carbonyl (C=O) groups excluding carboxylic acids is 2. The number of allylic oxidation sites excluding steroid dienone is 1. The Morgan fingerprint density at radius 1 is 1.45 bits per heavy atom. The van der Waals surface area contributed by atoms with Crippen LogP contribution in [-0.2, 0) is 9.59 Å². The molecular weight excluding hydrogens is 318 g/mol. The monoisotopic (exact) mass is 343 g/mol. The lowest BCUT2D eigenvalue weighted by molar-refractivity contribution is -0.134. The van der Waals surface area contributed by atoms with Crippen LogP contribution >= 0.6 is 15.9 Å². The van der Waals surface area contributed by atoms with E-state index < -0.39 is 0 Å². The van der Waals surface area contributed by atoms with Gasteiger partial charge in [0, 0.05) is 25.4 Å². The van der Waals surface area contributed by atoms with Crippen LogP contribution in [0.25, 0.3) is 0 Å². The molecule has 1 aliphatic carbocycles. The van der Waals surface area contributed by atoms with Crippen LogP contribution in [0.2, 0.25) is 0 Å². The van der Waals surface area contributed by atoms with Gasteiger partial charge in [0.2, 0.25) is 5.91 Å². The van der Waals surface area contributed by atoms with Crippen LogP contribution in [0, 0.1) is 17.3 Å². The summed E-state index contributed by atoms with van der Waals surface area (Å²) in [6.07, 6.45) is 4.16. The average molecular weight is 344 g/mol. The molecule has 4 heteroatoms. The Hall–Kier alpha value is -0.640. The van der Waals surface area contributed by atoms with Crippen LogP contribution in [0.3, 0.4) is 0 Å². The number of hydrogen-bond donors (Lipinski definition) is 0. The van der Waals surface area contributed by atoms with Gasteiger partial charge < -0.3 is 4.90 Å². The van der Waals surface area contributed by atoms with Crippen LogP contribution in [0.1, 0.15) is 47.5 Å². The highest BCUT2D eigenvalue weighted by Gasteiger charge is 2.47. The molecule has 0 bridgehead atoms. The fraction of sp³-hybridized carbons (Fsp3) is 0.750. The Labute approximate surface area is 130 Å². The van der Waals surface area contributed by atoms with Crippen molar-refractivity contribution in [2.75, 3.05) is 13.1 Å². The topological polar surface area (TPSA) is 37.4 Å². The Morgan fingerprint density at radius 3 is 2.50 bits per heavy atom. The third-order valence-corrected chi connectivity index (χ3v) is 4.82. The summed E-state index contributed by atoms with van der Waals surface area (Å²) >= 11 is 3.36. The molecule has 0 aromatic carbocycles. The number of fused-ring (bicyclic) bond motifs is 1. The molecule has 0 radical (unpaired) electrons. The van der Waals surface area contributed by atoms with Crippen LogP contribution in [-0.4, -0.2) is 29.7 Å². The quantitative estimate of drug-likeness (QED) is 0.671. The van der Waals surface area contributed by atoms with E-state index in [1.54, 1.807) is 6.92 Å². The van der Waals surface area contributed by atoms with E-state index in [1.807, 2.05) is 24.8 Å². The molecule has 0 spiro atoms. The number of rotatable bonds is 0. The van der Waals surface area contributed by atoms with Gasteiger partial charge in [-0.3, -0.25) is 9.59 Å². The molecule has 3 nitrogen and oxygen atoms in total. The fourth-order valence-electron chi connectivity index (χ4n) is 3.07. The minimum absolute atomic E-state index is 0.127. The van der Waals surface area contributed by atoms with E-state index in [0.29, 0.717) is 16.3 Å². The molecule has 1 amide bonds. The summed E-state index contributed by atoms with van der Waals surface area (Å²) in [4.78, 5) is 25.4. The number of nitrogens with zero attached hydrogens (tertiary/aromatic N) is 1. The zero-order valence-corrected chi connectivity index (χ0v) is 14.8. The Kier molecular flexibility index (Phi) is 5.99. The van der Waals surface area contributed by atoms with Crippen molar-refractivity contribution in [3.8, 4) is 0 Å². The van der Waals surface area contributed by atoms with Gasteiger partial charge in [-0.15, -0.1) is 0 Å². The van der Waals surface area contributed by atoms with Gasteiger partial charge in [-0.25, -0.2) is 0 Å². The molecular formula is C16H26BrNO2. The molecule has 1 heterocycles. The zero-order valence-electron chi connectivity index (χ0n) is 13.2. The van der Waals surface area contributed by atoms with Gasteiger partial charge in [0.1, 0.15) is 0 Å². The molecule has 114 valence electrons. The highest BCUT2D eigenvalue weighted by atomic mass is 79.9. The highest BCUT2D eigenvalue weighted by Crippen LogP contribution is 2.46. The Bertz CT molecular complexity index is 415. The maximum atomic E-state index is 12.1. The first kappa shape index (κ1) is 17.4. The highest BCUT2D eigenvalue weighted by molar-refractivity contribution is 9.12. The molecule has 0 N–H and O–H groups in total.